The summed E-state index contributed by atoms with van der Waals surface area (Å²) in [5.41, 5.74) is 0.283. The number of nitrogens with zero attached hydrogens (tertiary/aromatic N) is 2. The quantitative estimate of drug-likeness (QED) is 0.470. The zero-order valence-electron chi connectivity index (χ0n) is 12.1. The Morgan fingerprint density at radius 3 is 2.90 bits per heavy atom. The molecule has 114 valence electrons. The molecule has 1 aromatic carbocycles. The molecule has 0 amide bonds. The van der Waals surface area contributed by atoms with Crippen molar-refractivity contribution in [2.24, 2.45) is 0 Å². The Hall–Kier alpha value is -2.31. The molecule has 1 fully saturated rings. The van der Waals surface area contributed by atoms with Crippen molar-refractivity contribution in [1.82, 2.24) is 0 Å². The van der Waals surface area contributed by atoms with Crippen molar-refractivity contribution < 1.29 is 19.2 Å². The van der Waals surface area contributed by atoms with Gasteiger partial charge in [0.2, 0.25) is 0 Å². The summed E-state index contributed by atoms with van der Waals surface area (Å²) in [6.07, 6.45) is 1.42. The Morgan fingerprint density at radius 2 is 2.29 bits per heavy atom. The van der Waals surface area contributed by atoms with Crippen LogP contribution in [-0.2, 0) is 9.53 Å². The minimum absolute atomic E-state index is 0.115. The van der Waals surface area contributed by atoms with Crippen LogP contribution in [0.15, 0.2) is 18.2 Å². The lowest BCUT2D eigenvalue weighted by molar-refractivity contribution is -0.385. The van der Waals surface area contributed by atoms with Gasteiger partial charge in [-0.15, -0.1) is 0 Å². The van der Waals surface area contributed by atoms with Crippen molar-refractivity contribution in [3.63, 3.8) is 0 Å². The highest BCUT2D eigenvalue weighted by molar-refractivity contribution is 5.83. The lowest BCUT2D eigenvalue weighted by Crippen LogP contribution is -2.37. The summed E-state index contributed by atoms with van der Waals surface area (Å²) in [5, 5.41) is 11.3. The summed E-state index contributed by atoms with van der Waals surface area (Å²) in [6.45, 7) is 2.62. The zero-order valence-corrected chi connectivity index (χ0v) is 12.1. The summed E-state index contributed by atoms with van der Waals surface area (Å²) in [7, 11) is 1.39. The van der Waals surface area contributed by atoms with E-state index in [0.29, 0.717) is 25.3 Å². The number of esters is 1. The van der Waals surface area contributed by atoms with Crippen molar-refractivity contribution in [3.8, 4) is 5.75 Å². The fraction of sp³-hybridized carbons (Fsp3) is 0.500. The molecular formula is C14H18N2O5. The Kier molecular flexibility index (Phi) is 4.62. The number of methoxy groups -OCH3 is 1. The van der Waals surface area contributed by atoms with Gasteiger partial charge < -0.3 is 14.4 Å². The van der Waals surface area contributed by atoms with Crippen LogP contribution in [0.25, 0.3) is 0 Å². The first kappa shape index (κ1) is 15.1. The van der Waals surface area contributed by atoms with Crippen molar-refractivity contribution in [1.29, 1.82) is 0 Å². The molecule has 7 heteroatoms. The number of rotatable bonds is 5. The molecule has 0 bridgehead atoms. The van der Waals surface area contributed by atoms with Crippen LogP contribution in [0.4, 0.5) is 11.4 Å². The van der Waals surface area contributed by atoms with E-state index in [2.05, 4.69) is 0 Å². The molecule has 0 spiro atoms. The topological polar surface area (TPSA) is 81.9 Å². The van der Waals surface area contributed by atoms with Gasteiger partial charge in [0.05, 0.1) is 18.6 Å². The number of hydrogen-bond acceptors (Lipinski definition) is 6. The molecule has 0 aliphatic carbocycles. The van der Waals surface area contributed by atoms with Crippen molar-refractivity contribution >= 4 is 17.3 Å². The highest BCUT2D eigenvalue weighted by Crippen LogP contribution is 2.40. The molecular weight excluding hydrogens is 276 g/mol. The maximum absolute atomic E-state index is 12.0. The van der Waals surface area contributed by atoms with Gasteiger partial charge in [0, 0.05) is 6.54 Å². The SMILES string of the molecule is CCOC(=O)C1CCCN1c1cccc(OC)c1[N+](=O)[O-]. The van der Waals surface area contributed by atoms with E-state index in [9.17, 15) is 14.9 Å². The van der Waals surface area contributed by atoms with Crippen LogP contribution in [0.5, 0.6) is 5.75 Å². The van der Waals surface area contributed by atoms with Gasteiger partial charge in [-0.3, -0.25) is 10.1 Å². The second-order valence-electron chi connectivity index (χ2n) is 4.69. The highest BCUT2D eigenvalue weighted by atomic mass is 16.6. The molecule has 2 rings (SSSR count). The fourth-order valence-corrected chi connectivity index (χ4v) is 2.63. The first-order valence-corrected chi connectivity index (χ1v) is 6.84. The summed E-state index contributed by atoms with van der Waals surface area (Å²) < 4.78 is 10.1. The molecule has 21 heavy (non-hydrogen) atoms. The third-order valence-electron chi connectivity index (χ3n) is 3.50. The number of carbonyl (C=O) groups excluding carboxylic acids is 1. The average Bonchev–Trinajstić information content (AvgIpc) is 2.95. The molecule has 0 N–H and O–H groups in total. The molecule has 1 aliphatic rings. The van der Waals surface area contributed by atoms with Gasteiger partial charge in [-0.25, -0.2) is 4.79 Å². The standard InChI is InChI=1S/C14H18N2O5/c1-3-21-14(17)11-7-5-9-15(11)10-6-4-8-12(20-2)13(10)16(18)19/h4,6,8,11H,3,5,7,9H2,1-2H3. The smallest absolute Gasteiger partial charge is 0.333 e. The van der Waals surface area contributed by atoms with E-state index < -0.39 is 11.0 Å². The molecule has 0 saturated carbocycles. The molecule has 0 radical (unpaired) electrons. The lowest BCUT2D eigenvalue weighted by atomic mass is 10.2. The van der Waals surface area contributed by atoms with E-state index in [1.165, 1.54) is 13.2 Å². The Labute approximate surface area is 122 Å². The number of para-hydroxylation sites is 1. The first-order valence-electron chi connectivity index (χ1n) is 6.84. The molecule has 1 aromatic rings. The Balaban J connectivity index is 2.41. The third-order valence-corrected chi connectivity index (χ3v) is 3.50. The normalized spacial score (nSPS) is 17.6. The Bertz CT molecular complexity index is 546. The minimum Gasteiger partial charge on any atom is -0.490 e. The van der Waals surface area contributed by atoms with Gasteiger partial charge in [0.15, 0.2) is 5.75 Å². The van der Waals surface area contributed by atoms with Gasteiger partial charge >= 0.3 is 11.7 Å². The maximum atomic E-state index is 12.0. The number of nitro groups is 1. The van der Waals surface area contributed by atoms with Crippen molar-refractivity contribution in [2.45, 2.75) is 25.8 Å². The minimum atomic E-state index is -0.477. The first-order chi connectivity index (χ1) is 10.1. The van der Waals surface area contributed by atoms with Crippen LogP contribution in [0.1, 0.15) is 19.8 Å². The van der Waals surface area contributed by atoms with E-state index in [1.54, 1.807) is 24.0 Å². The summed E-state index contributed by atoms with van der Waals surface area (Å²) in [6, 6.07) is 4.38. The van der Waals surface area contributed by atoms with Gasteiger partial charge in [0.25, 0.3) is 0 Å². The van der Waals surface area contributed by atoms with Crippen LogP contribution >= 0.6 is 0 Å². The van der Waals surface area contributed by atoms with E-state index >= 15 is 0 Å². The number of anilines is 1. The van der Waals surface area contributed by atoms with Crippen LogP contribution < -0.4 is 9.64 Å². The second-order valence-corrected chi connectivity index (χ2v) is 4.69. The van der Waals surface area contributed by atoms with Crippen LogP contribution in [-0.4, -0.2) is 37.2 Å². The maximum Gasteiger partial charge on any atom is 0.333 e. The lowest BCUT2D eigenvalue weighted by Gasteiger charge is -2.25. The van der Waals surface area contributed by atoms with Crippen LogP contribution in [0, 0.1) is 10.1 Å². The van der Waals surface area contributed by atoms with Gasteiger partial charge in [-0.2, -0.15) is 0 Å². The molecule has 1 aliphatic heterocycles. The third kappa shape index (κ3) is 2.91. The van der Waals surface area contributed by atoms with Crippen LogP contribution in [0.3, 0.4) is 0 Å². The predicted molar refractivity (Wildman–Crippen MR) is 76.6 cm³/mol. The molecule has 1 saturated heterocycles. The van der Waals surface area contributed by atoms with Gasteiger partial charge in [0.1, 0.15) is 11.7 Å². The monoisotopic (exact) mass is 294 g/mol. The second kappa shape index (κ2) is 6.43. The fourth-order valence-electron chi connectivity index (χ4n) is 2.63. The molecule has 0 aromatic heterocycles. The molecule has 7 nitrogen and oxygen atoms in total. The molecule has 1 unspecified atom stereocenters. The number of nitro benzene ring substituents is 1. The molecule has 1 atom stereocenters. The summed E-state index contributed by atoms with van der Waals surface area (Å²) in [5.74, 6) is -0.154. The van der Waals surface area contributed by atoms with E-state index in [-0.39, 0.29) is 17.4 Å². The van der Waals surface area contributed by atoms with Gasteiger partial charge in [-0.1, -0.05) is 6.07 Å². The van der Waals surface area contributed by atoms with Crippen molar-refractivity contribution in [2.75, 3.05) is 25.2 Å². The van der Waals surface area contributed by atoms with Gasteiger partial charge in [-0.05, 0) is 31.9 Å². The average molecular weight is 294 g/mol. The van der Waals surface area contributed by atoms with E-state index in [4.69, 9.17) is 9.47 Å². The highest BCUT2D eigenvalue weighted by Gasteiger charge is 2.36. The van der Waals surface area contributed by atoms with Crippen LogP contribution in [0.2, 0.25) is 0 Å². The summed E-state index contributed by atoms with van der Waals surface area (Å²) in [4.78, 5) is 24.6. The van der Waals surface area contributed by atoms with E-state index in [1.807, 2.05) is 0 Å². The van der Waals surface area contributed by atoms with Crippen molar-refractivity contribution in [3.05, 3.63) is 28.3 Å². The Morgan fingerprint density at radius 1 is 1.52 bits per heavy atom. The number of carbonyl (C=O) groups is 1. The predicted octanol–water partition coefficient (Wildman–Crippen LogP) is 2.14. The largest absolute Gasteiger partial charge is 0.490 e. The number of hydrogen-bond donors (Lipinski definition) is 0. The molecule has 1 heterocycles. The van der Waals surface area contributed by atoms with E-state index in [0.717, 1.165) is 6.42 Å². The zero-order chi connectivity index (χ0) is 15.4. The number of ether oxygens (including phenoxy) is 2. The summed E-state index contributed by atoms with van der Waals surface area (Å²) >= 11 is 0. The number of benzene rings is 1.